The van der Waals surface area contributed by atoms with Gasteiger partial charge in [0.25, 0.3) is 0 Å². The third-order valence-corrected chi connectivity index (χ3v) is 3.42. The number of hydrogen-bond donors (Lipinski definition) is 1. The van der Waals surface area contributed by atoms with Crippen LogP contribution in [0.1, 0.15) is 17.2 Å². The summed E-state index contributed by atoms with van der Waals surface area (Å²) in [6.45, 7) is 0.296. The van der Waals surface area contributed by atoms with E-state index in [4.69, 9.17) is 0 Å². The molecule has 1 aromatic heterocycles. The number of benzene rings is 1. The van der Waals surface area contributed by atoms with E-state index >= 15 is 0 Å². The summed E-state index contributed by atoms with van der Waals surface area (Å²) < 4.78 is 51.5. The predicted octanol–water partition coefficient (Wildman–Crippen LogP) is 3.95. The number of rotatable bonds is 5. The Morgan fingerprint density at radius 3 is 2.52 bits per heavy atom. The first-order chi connectivity index (χ1) is 10.8. The maximum Gasteiger partial charge on any atom is 0.416 e. The van der Waals surface area contributed by atoms with Crippen LogP contribution in [0.15, 0.2) is 42.6 Å². The molecular weight excluding hydrogens is 310 g/mol. The van der Waals surface area contributed by atoms with Gasteiger partial charge in [0.1, 0.15) is 11.6 Å². The van der Waals surface area contributed by atoms with Crippen molar-refractivity contribution in [1.29, 1.82) is 0 Å². The van der Waals surface area contributed by atoms with Crippen LogP contribution in [0.3, 0.4) is 0 Å². The Hall–Kier alpha value is -2.15. The minimum atomic E-state index is -4.41. The minimum Gasteiger partial charge on any atom is -0.368 e. The summed E-state index contributed by atoms with van der Waals surface area (Å²) in [5.74, 6) is -0.227. The Balaban J connectivity index is 2.14. The molecule has 1 atom stereocenters. The fourth-order valence-electron chi connectivity index (χ4n) is 2.22. The molecule has 0 amide bonds. The minimum absolute atomic E-state index is 0.128. The number of alkyl halides is 3. The van der Waals surface area contributed by atoms with Gasteiger partial charge < -0.3 is 10.2 Å². The number of halogens is 4. The Morgan fingerprint density at radius 2 is 1.91 bits per heavy atom. The molecule has 2 rings (SSSR count). The molecule has 124 valence electrons. The van der Waals surface area contributed by atoms with Crippen LogP contribution in [0, 0.1) is 5.82 Å². The molecule has 1 heterocycles. The molecule has 0 saturated carbocycles. The molecule has 0 bridgehead atoms. The van der Waals surface area contributed by atoms with Crippen molar-refractivity contribution in [2.24, 2.45) is 0 Å². The van der Waals surface area contributed by atoms with E-state index in [1.165, 1.54) is 12.1 Å². The van der Waals surface area contributed by atoms with Crippen LogP contribution in [0.25, 0.3) is 0 Å². The zero-order chi connectivity index (χ0) is 17.0. The standard InChI is InChI=1S/C16H17F4N3/c1-23(2)14(11-4-3-5-13(17)8-11)10-22-15-9-12(6-7-21-15)16(18,19)20/h3-9,14H,10H2,1-2H3,(H,21,22). The van der Waals surface area contributed by atoms with E-state index in [1.54, 1.807) is 12.1 Å². The zero-order valence-electron chi connectivity index (χ0n) is 12.7. The first-order valence-electron chi connectivity index (χ1n) is 6.96. The van der Waals surface area contributed by atoms with Gasteiger partial charge in [-0.25, -0.2) is 9.37 Å². The second-order valence-corrected chi connectivity index (χ2v) is 5.34. The quantitative estimate of drug-likeness (QED) is 0.843. The van der Waals surface area contributed by atoms with E-state index in [1.807, 2.05) is 19.0 Å². The predicted molar refractivity (Wildman–Crippen MR) is 80.6 cm³/mol. The summed E-state index contributed by atoms with van der Waals surface area (Å²) in [5, 5.41) is 2.88. The van der Waals surface area contributed by atoms with Crippen LogP contribution in [-0.2, 0) is 6.18 Å². The summed E-state index contributed by atoms with van der Waals surface area (Å²) in [5.41, 5.74) is -0.0309. The number of aromatic nitrogens is 1. The van der Waals surface area contributed by atoms with Crippen LogP contribution >= 0.6 is 0 Å². The molecule has 7 heteroatoms. The Bertz CT molecular complexity index is 656. The molecule has 0 radical (unpaired) electrons. The molecule has 2 aromatic rings. The average Bonchev–Trinajstić information content (AvgIpc) is 2.46. The van der Waals surface area contributed by atoms with Gasteiger partial charge in [0, 0.05) is 12.7 Å². The highest BCUT2D eigenvalue weighted by molar-refractivity contribution is 5.39. The summed E-state index contributed by atoms with van der Waals surface area (Å²) >= 11 is 0. The van der Waals surface area contributed by atoms with Gasteiger partial charge in [-0.05, 0) is 43.9 Å². The van der Waals surface area contributed by atoms with Crippen molar-refractivity contribution in [1.82, 2.24) is 9.88 Å². The lowest BCUT2D eigenvalue weighted by Crippen LogP contribution is -2.27. The Morgan fingerprint density at radius 1 is 1.17 bits per heavy atom. The van der Waals surface area contributed by atoms with E-state index in [2.05, 4.69) is 10.3 Å². The lowest BCUT2D eigenvalue weighted by Gasteiger charge is -2.25. The van der Waals surface area contributed by atoms with Gasteiger partial charge in [0.15, 0.2) is 0 Å². The normalized spacial score (nSPS) is 13.2. The van der Waals surface area contributed by atoms with Crippen molar-refractivity contribution < 1.29 is 17.6 Å². The topological polar surface area (TPSA) is 28.2 Å². The van der Waals surface area contributed by atoms with Crippen LogP contribution in [0.4, 0.5) is 23.4 Å². The lowest BCUT2D eigenvalue weighted by atomic mass is 10.1. The smallest absolute Gasteiger partial charge is 0.368 e. The highest BCUT2D eigenvalue weighted by atomic mass is 19.4. The number of pyridine rings is 1. The van der Waals surface area contributed by atoms with Gasteiger partial charge in [-0.3, -0.25) is 0 Å². The van der Waals surface area contributed by atoms with E-state index in [0.717, 1.165) is 23.9 Å². The molecule has 0 saturated heterocycles. The fourth-order valence-corrected chi connectivity index (χ4v) is 2.22. The van der Waals surface area contributed by atoms with Gasteiger partial charge in [0.2, 0.25) is 0 Å². The lowest BCUT2D eigenvalue weighted by molar-refractivity contribution is -0.137. The monoisotopic (exact) mass is 327 g/mol. The Labute approximate surface area is 132 Å². The van der Waals surface area contributed by atoms with Gasteiger partial charge in [-0.2, -0.15) is 13.2 Å². The molecule has 0 spiro atoms. The molecule has 1 N–H and O–H groups in total. The van der Waals surface area contributed by atoms with Crippen molar-refractivity contribution in [2.75, 3.05) is 26.0 Å². The van der Waals surface area contributed by atoms with E-state index in [-0.39, 0.29) is 17.7 Å². The van der Waals surface area contributed by atoms with E-state index in [9.17, 15) is 17.6 Å². The largest absolute Gasteiger partial charge is 0.416 e. The summed E-state index contributed by atoms with van der Waals surface area (Å²) in [4.78, 5) is 5.75. The fraction of sp³-hybridized carbons (Fsp3) is 0.312. The molecule has 3 nitrogen and oxygen atoms in total. The third kappa shape index (κ3) is 4.66. The highest BCUT2D eigenvalue weighted by Crippen LogP contribution is 2.30. The molecule has 1 unspecified atom stereocenters. The van der Waals surface area contributed by atoms with Crippen molar-refractivity contribution in [3.05, 3.63) is 59.5 Å². The van der Waals surface area contributed by atoms with Crippen molar-refractivity contribution >= 4 is 5.82 Å². The van der Waals surface area contributed by atoms with Crippen molar-refractivity contribution in [3.63, 3.8) is 0 Å². The van der Waals surface area contributed by atoms with E-state index in [0.29, 0.717) is 6.54 Å². The summed E-state index contributed by atoms with van der Waals surface area (Å²) in [6, 6.07) is 7.80. The Kier molecular flexibility index (Phi) is 5.20. The van der Waals surface area contributed by atoms with E-state index < -0.39 is 11.7 Å². The number of nitrogens with one attached hydrogen (secondary N) is 1. The second-order valence-electron chi connectivity index (χ2n) is 5.34. The van der Waals surface area contributed by atoms with Crippen LogP contribution in [0.5, 0.6) is 0 Å². The summed E-state index contributed by atoms with van der Waals surface area (Å²) in [7, 11) is 3.63. The first kappa shape index (κ1) is 17.2. The third-order valence-electron chi connectivity index (χ3n) is 3.42. The molecular formula is C16H17F4N3. The number of nitrogens with zero attached hydrogens (tertiary/aromatic N) is 2. The van der Waals surface area contributed by atoms with Crippen molar-refractivity contribution in [3.8, 4) is 0 Å². The SMILES string of the molecule is CN(C)C(CNc1cc(C(F)(F)F)ccn1)c1cccc(F)c1. The molecule has 0 aliphatic rings. The second kappa shape index (κ2) is 6.95. The van der Waals surface area contributed by atoms with Gasteiger partial charge >= 0.3 is 6.18 Å². The number of likely N-dealkylation sites (N-methyl/N-ethyl adjacent to an activating group) is 1. The van der Waals surface area contributed by atoms with Crippen molar-refractivity contribution in [2.45, 2.75) is 12.2 Å². The van der Waals surface area contributed by atoms with Gasteiger partial charge in [-0.15, -0.1) is 0 Å². The number of anilines is 1. The highest BCUT2D eigenvalue weighted by Gasteiger charge is 2.30. The van der Waals surface area contributed by atoms with Crippen LogP contribution in [-0.4, -0.2) is 30.5 Å². The van der Waals surface area contributed by atoms with Gasteiger partial charge in [0.05, 0.1) is 11.6 Å². The summed E-state index contributed by atoms with van der Waals surface area (Å²) in [6.07, 6.45) is -3.30. The zero-order valence-corrected chi connectivity index (χ0v) is 12.7. The average molecular weight is 327 g/mol. The molecule has 0 fully saturated rings. The molecule has 0 aliphatic heterocycles. The number of hydrogen-bond acceptors (Lipinski definition) is 3. The van der Waals surface area contributed by atoms with Crippen LogP contribution < -0.4 is 5.32 Å². The maximum absolute atomic E-state index is 13.4. The maximum atomic E-state index is 13.4. The molecule has 1 aromatic carbocycles. The molecule has 0 aliphatic carbocycles. The first-order valence-corrected chi connectivity index (χ1v) is 6.96. The molecule has 23 heavy (non-hydrogen) atoms. The van der Waals surface area contributed by atoms with Gasteiger partial charge in [-0.1, -0.05) is 12.1 Å². The van der Waals surface area contributed by atoms with Crippen LogP contribution in [0.2, 0.25) is 0 Å².